The summed E-state index contributed by atoms with van der Waals surface area (Å²) >= 11 is 0. The van der Waals surface area contributed by atoms with E-state index in [0.717, 1.165) is 51.7 Å². The van der Waals surface area contributed by atoms with Gasteiger partial charge in [0.2, 0.25) is 0 Å². The lowest BCUT2D eigenvalue weighted by Crippen LogP contribution is -2.64. The van der Waals surface area contributed by atoms with Gasteiger partial charge in [-0.3, -0.25) is 0 Å². The summed E-state index contributed by atoms with van der Waals surface area (Å²) in [7, 11) is 0. The summed E-state index contributed by atoms with van der Waals surface area (Å²) in [6.07, 6.45) is 10.9. The van der Waals surface area contributed by atoms with Crippen molar-refractivity contribution >= 4 is 0 Å². The van der Waals surface area contributed by atoms with Gasteiger partial charge in [0.05, 0.1) is 26.4 Å². The van der Waals surface area contributed by atoms with Gasteiger partial charge < -0.3 is 24.1 Å². The lowest BCUT2D eigenvalue weighted by atomic mass is 9.50. The Bertz CT molecular complexity index is 835. The largest absolute Gasteiger partial charge is 0.383 e. The first kappa shape index (κ1) is 20.9. The summed E-state index contributed by atoms with van der Waals surface area (Å²) < 4.78 is 24.3. The molecule has 0 amide bonds. The summed E-state index contributed by atoms with van der Waals surface area (Å²) in [5, 5.41) is 12.3. The van der Waals surface area contributed by atoms with Gasteiger partial charge in [0.25, 0.3) is 0 Å². The van der Waals surface area contributed by atoms with Crippen molar-refractivity contribution in [1.82, 2.24) is 0 Å². The predicted octanol–water partition coefficient (Wildman–Crippen LogP) is 4.35. The zero-order valence-corrected chi connectivity index (χ0v) is 19.5. The third-order valence-corrected chi connectivity index (χ3v) is 10.4. The van der Waals surface area contributed by atoms with Gasteiger partial charge >= 0.3 is 0 Å². The predicted molar refractivity (Wildman–Crippen MR) is 116 cm³/mol. The second-order valence-corrected chi connectivity index (χ2v) is 11.6. The molecule has 0 aromatic heterocycles. The van der Waals surface area contributed by atoms with Crippen molar-refractivity contribution < 1.29 is 24.1 Å². The van der Waals surface area contributed by atoms with E-state index in [-0.39, 0.29) is 22.5 Å². The fourth-order valence-electron chi connectivity index (χ4n) is 8.70. The van der Waals surface area contributed by atoms with E-state index >= 15 is 0 Å². The molecule has 2 saturated carbocycles. The molecular weight excluding hydrogens is 392 g/mol. The van der Waals surface area contributed by atoms with Gasteiger partial charge in [-0.15, -0.1) is 0 Å². The standard InChI is InChI=1S/C26H38O5/c1-17-15-21-19-6-5-18-16-25(30-13-14-31-25)10-9-22(18,2)20(19)7-8-23(21,3)26(17,27)24(4)28-11-12-29-24/h5,7,17,19,21,27H,6,8-16H2,1-4H3/t17-,19+,21-,22-,23-,26+/m0/s1. The Morgan fingerprint density at radius 3 is 2.32 bits per heavy atom. The second-order valence-electron chi connectivity index (χ2n) is 11.6. The Hall–Kier alpha value is -0.720. The molecule has 0 radical (unpaired) electrons. The Morgan fingerprint density at radius 2 is 1.61 bits per heavy atom. The molecule has 4 fully saturated rings. The third kappa shape index (κ3) is 2.45. The minimum Gasteiger partial charge on any atom is -0.383 e. The van der Waals surface area contributed by atoms with Crippen molar-refractivity contribution in [2.24, 2.45) is 28.6 Å². The van der Waals surface area contributed by atoms with Gasteiger partial charge in [-0.1, -0.05) is 44.1 Å². The minimum absolute atomic E-state index is 0.0962. The molecule has 2 aliphatic heterocycles. The maximum atomic E-state index is 12.3. The van der Waals surface area contributed by atoms with Crippen LogP contribution in [0, 0.1) is 28.6 Å². The summed E-state index contributed by atoms with van der Waals surface area (Å²) in [5.74, 6) is -0.258. The molecule has 5 nitrogen and oxygen atoms in total. The lowest BCUT2D eigenvalue weighted by Gasteiger charge is -2.57. The first-order valence-corrected chi connectivity index (χ1v) is 12.4. The molecule has 0 unspecified atom stereocenters. The van der Waals surface area contributed by atoms with Crippen LogP contribution in [0.4, 0.5) is 0 Å². The zero-order chi connectivity index (χ0) is 21.7. The SMILES string of the molecule is C[C@H]1C[C@H]2[C@@H]3CC=C4CC5(CC[C@]4(C)C3=CC[C@]2(C)[C@@]1(O)C1(C)OCCO1)OCCO5. The van der Waals surface area contributed by atoms with Gasteiger partial charge in [-0.05, 0) is 50.4 Å². The number of hydrogen-bond acceptors (Lipinski definition) is 5. The molecule has 6 rings (SSSR count). The van der Waals surface area contributed by atoms with Crippen LogP contribution in [-0.4, -0.2) is 48.7 Å². The van der Waals surface area contributed by atoms with Gasteiger partial charge in [-0.2, -0.15) is 0 Å². The monoisotopic (exact) mass is 430 g/mol. The summed E-state index contributed by atoms with van der Waals surface area (Å²) in [6.45, 7) is 11.5. The van der Waals surface area contributed by atoms with E-state index in [9.17, 15) is 5.11 Å². The summed E-state index contributed by atoms with van der Waals surface area (Å²) in [5.41, 5.74) is 1.96. The normalized spacial score (nSPS) is 49.9. The molecular formula is C26H38O5. The van der Waals surface area contributed by atoms with Crippen molar-refractivity contribution in [1.29, 1.82) is 0 Å². The van der Waals surface area contributed by atoms with Crippen LogP contribution in [0.15, 0.2) is 23.3 Å². The van der Waals surface area contributed by atoms with Crippen molar-refractivity contribution in [2.45, 2.75) is 83.4 Å². The number of allylic oxidation sites excluding steroid dienone is 3. The molecule has 31 heavy (non-hydrogen) atoms. The number of fused-ring (bicyclic) bond motifs is 5. The Labute approximate surface area is 186 Å². The highest BCUT2D eigenvalue weighted by Gasteiger charge is 2.72. The first-order valence-electron chi connectivity index (χ1n) is 12.4. The fraction of sp³-hybridized carbons (Fsp3) is 0.846. The Balaban J connectivity index is 1.36. The topological polar surface area (TPSA) is 57.2 Å². The molecule has 1 spiro atoms. The second kappa shape index (κ2) is 6.44. The molecule has 5 heteroatoms. The molecule has 0 bridgehead atoms. The van der Waals surface area contributed by atoms with Crippen LogP contribution in [0.2, 0.25) is 0 Å². The third-order valence-electron chi connectivity index (χ3n) is 10.4. The molecule has 2 saturated heterocycles. The highest BCUT2D eigenvalue weighted by atomic mass is 16.8. The molecule has 0 aromatic rings. The average Bonchev–Trinajstić information content (AvgIpc) is 3.44. The molecule has 172 valence electrons. The van der Waals surface area contributed by atoms with E-state index in [0.29, 0.717) is 25.0 Å². The molecule has 0 aromatic carbocycles. The number of ether oxygens (including phenoxy) is 4. The molecule has 6 atom stereocenters. The van der Waals surface area contributed by atoms with E-state index in [1.165, 1.54) is 5.57 Å². The number of aliphatic hydroxyl groups is 1. The van der Waals surface area contributed by atoms with E-state index in [4.69, 9.17) is 18.9 Å². The van der Waals surface area contributed by atoms with E-state index in [1.807, 2.05) is 6.92 Å². The maximum Gasteiger partial charge on any atom is 0.195 e. The summed E-state index contributed by atoms with van der Waals surface area (Å²) in [4.78, 5) is 0. The number of hydrogen-bond donors (Lipinski definition) is 1. The highest BCUT2D eigenvalue weighted by Crippen LogP contribution is 2.69. The van der Waals surface area contributed by atoms with E-state index in [1.54, 1.807) is 5.57 Å². The maximum absolute atomic E-state index is 12.3. The van der Waals surface area contributed by atoms with Crippen LogP contribution >= 0.6 is 0 Å². The van der Waals surface area contributed by atoms with Crippen molar-refractivity contribution in [3.05, 3.63) is 23.3 Å². The molecule has 6 aliphatic rings. The van der Waals surface area contributed by atoms with E-state index < -0.39 is 11.4 Å². The summed E-state index contributed by atoms with van der Waals surface area (Å²) in [6, 6.07) is 0. The smallest absolute Gasteiger partial charge is 0.195 e. The quantitative estimate of drug-likeness (QED) is 0.627. The van der Waals surface area contributed by atoms with Crippen LogP contribution in [0.5, 0.6) is 0 Å². The van der Waals surface area contributed by atoms with Crippen molar-refractivity contribution in [3.63, 3.8) is 0 Å². The minimum atomic E-state index is -0.990. The Kier molecular flexibility index (Phi) is 4.34. The average molecular weight is 431 g/mol. The van der Waals surface area contributed by atoms with Crippen LogP contribution in [0.3, 0.4) is 0 Å². The van der Waals surface area contributed by atoms with Crippen molar-refractivity contribution in [2.75, 3.05) is 26.4 Å². The zero-order valence-electron chi connectivity index (χ0n) is 19.5. The van der Waals surface area contributed by atoms with Gasteiger partial charge in [0.15, 0.2) is 11.6 Å². The fourth-order valence-corrected chi connectivity index (χ4v) is 8.70. The Morgan fingerprint density at radius 1 is 0.935 bits per heavy atom. The number of rotatable bonds is 1. The highest BCUT2D eigenvalue weighted by molar-refractivity contribution is 5.41. The van der Waals surface area contributed by atoms with E-state index in [2.05, 4.69) is 32.9 Å². The van der Waals surface area contributed by atoms with Crippen LogP contribution in [0.1, 0.15) is 66.2 Å². The van der Waals surface area contributed by atoms with Gasteiger partial charge in [0.1, 0.15) is 5.60 Å². The van der Waals surface area contributed by atoms with Crippen molar-refractivity contribution in [3.8, 4) is 0 Å². The van der Waals surface area contributed by atoms with Crippen LogP contribution in [0.25, 0.3) is 0 Å². The molecule has 4 aliphatic carbocycles. The first-order chi connectivity index (χ1) is 14.7. The molecule has 1 N–H and O–H groups in total. The van der Waals surface area contributed by atoms with Crippen LogP contribution < -0.4 is 0 Å². The van der Waals surface area contributed by atoms with Gasteiger partial charge in [0, 0.05) is 23.7 Å². The lowest BCUT2D eigenvalue weighted by molar-refractivity contribution is -0.305. The van der Waals surface area contributed by atoms with Crippen LogP contribution in [-0.2, 0) is 18.9 Å². The van der Waals surface area contributed by atoms with Gasteiger partial charge in [-0.25, -0.2) is 0 Å². The molecule has 2 heterocycles.